The van der Waals surface area contributed by atoms with Gasteiger partial charge in [-0.1, -0.05) is 18.2 Å². The monoisotopic (exact) mass is 402 g/mol. The van der Waals surface area contributed by atoms with E-state index in [1.165, 1.54) is 24.3 Å². The van der Waals surface area contributed by atoms with Crippen LogP contribution in [-0.2, 0) is 26.0 Å². The highest BCUT2D eigenvalue weighted by molar-refractivity contribution is 7.91. The van der Waals surface area contributed by atoms with Gasteiger partial charge in [0.2, 0.25) is 0 Å². The first-order valence-electron chi connectivity index (χ1n) is 8.46. The fourth-order valence-corrected chi connectivity index (χ4v) is 3.97. The minimum absolute atomic E-state index is 0.0177. The second kappa shape index (κ2) is 7.85. The van der Waals surface area contributed by atoms with Gasteiger partial charge in [-0.25, -0.2) is 13.2 Å². The number of phenols is 1. The van der Waals surface area contributed by atoms with E-state index >= 15 is 0 Å². The maximum atomic E-state index is 12.2. The normalized spacial score (nSPS) is 11.5. The van der Waals surface area contributed by atoms with E-state index in [1.54, 1.807) is 31.2 Å². The number of fused-ring (bicyclic) bond motifs is 1. The number of esters is 1. The summed E-state index contributed by atoms with van der Waals surface area (Å²) in [4.78, 5) is 23.9. The van der Waals surface area contributed by atoms with Crippen LogP contribution in [-0.4, -0.2) is 25.2 Å². The van der Waals surface area contributed by atoms with Crippen molar-refractivity contribution in [1.29, 1.82) is 0 Å². The van der Waals surface area contributed by atoms with Gasteiger partial charge in [-0.05, 0) is 31.2 Å². The first-order chi connectivity index (χ1) is 13.3. The van der Waals surface area contributed by atoms with Gasteiger partial charge in [0, 0.05) is 22.6 Å². The number of rotatable bonds is 6. The fraction of sp³-hybridized carbons (Fsp3) is 0.200. The minimum atomic E-state index is -3.58. The molecule has 0 aliphatic carbocycles. The Labute approximate surface area is 161 Å². The van der Waals surface area contributed by atoms with Crippen LogP contribution < -0.4 is 5.63 Å². The quantitative estimate of drug-likeness (QED) is 0.498. The van der Waals surface area contributed by atoms with E-state index in [9.17, 15) is 23.1 Å². The molecule has 28 heavy (non-hydrogen) atoms. The Morgan fingerprint density at radius 3 is 2.57 bits per heavy atom. The second-order valence-corrected chi connectivity index (χ2v) is 8.33. The van der Waals surface area contributed by atoms with Crippen molar-refractivity contribution in [1.82, 2.24) is 0 Å². The van der Waals surface area contributed by atoms with Crippen LogP contribution in [0.5, 0.6) is 5.75 Å². The molecule has 0 aliphatic heterocycles. The SMILES string of the molecule is Cc1c(O)ccc2c(COC(=O)CCS(=O)(=O)c3ccccc3)cc(=O)oc12. The third-order valence-corrected chi connectivity index (χ3v) is 6.02. The van der Waals surface area contributed by atoms with E-state index in [1.807, 2.05) is 0 Å². The molecule has 3 rings (SSSR count). The average Bonchev–Trinajstić information content (AvgIpc) is 2.68. The number of benzene rings is 2. The summed E-state index contributed by atoms with van der Waals surface area (Å²) in [5, 5.41) is 10.3. The molecule has 0 amide bonds. The van der Waals surface area contributed by atoms with Crippen LogP contribution in [0, 0.1) is 6.92 Å². The molecule has 8 heteroatoms. The molecule has 3 aromatic rings. The number of sulfone groups is 1. The van der Waals surface area contributed by atoms with Crippen LogP contribution in [0.2, 0.25) is 0 Å². The molecule has 1 heterocycles. The maximum Gasteiger partial charge on any atom is 0.336 e. The molecule has 1 N–H and O–H groups in total. The highest BCUT2D eigenvalue weighted by Gasteiger charge is 2.17. The molecule has 7 nitrogen and oxygen atoms in total. The molecule has 0 saturated heterocycles. The van der Waals surface area contributed by atoms with Gasteiger partial charge in [0.25, 0.3) is 0 Å². The van der Waals surface area contributed by atoms with Crippen molar-refractivity contribution in [2.24, 2.45) is 0 Å². The maximum absolute atomic E-state index is 12.2. The zero-order valence-electron chi connectivity index (χ0n) is 15.0. The lowest BCUT2D eigenvalue weighted by Gasteiger charge is -2.09. The summed E-state index contributed by atoms with van der Waals surface area (Å²) in [6.45, 7) is 1.39. The third-order valence-electron chi connectivity index (χ3n) is 4.28. The summed E-state index contributed by atoms with van der Waals surface area (Å²) in [5.74, 6) is -1.09. The van der Waals surface area contributed by atoms with Crippen molar-refractivity contribution in [3.8, 4) is 5.75 Å². The van der Waals surface area contributed by atoms with Gasteiger partial charge in [-0.3, -0.25) is 4.79 Å². The highest BCUT2D eigenvalue weighted by Crippen LogP contribution is 2.27. The Kier molecular flexibility index (Phi) is 5.51. The van der Waals surface area contributed by atoms with Crippen LogP contribution in [0.1, 0.15) is 17.5 Å². The van der Waals surface area contributed by atoms with Crippen molar-refractivity contribution in [2.75, 3.05) is 5.75 Å². The zero-order chi connectivity index (χ0) is 20.3. The van der Waals surface area contributed by atoms with Crippen LogP contribution in [0.3, 0.4) is 0 Å². The standard InChI is InChI=1S/C20H18O7S/c1-13-17(21)8-7-16-14(11-19(23)27-20(13)16)12-26-18(22)9-10-28(24,25)15-5-3-2-4-6-15/h2-8,11,21H,9-10,12H2,1H3. The van der Waals surface area contributed by atoms with E-state index in [2.05, 4.69) is 0 Å². The van der Waals surface area contributed by atoms with Crippen LogP contribution in [0.25, 0.3) is 11.0 Å². The third kappa shape index (κ3) is 4.23. The Morgan fingerprint density at radius 1 is 1.14 bits per heavy atom. The van der Waals surface area contributed by atoms with E-state index in [0.717, 1.165) is 0 Å². The number of hydrogen-bond acceptors (Lipinski definition) is 7. The van der Waals surface area contributed by atoms with Gasteiger partial charge >= 0.3 is 11.6 Å². The Balaban J connectivity index is 1.70. The largest absolute Gasteiger partial charge is 0.508 e. The van der Waals surface area contributed by atoms with Crippen LogP contribution in [0.15, 0.2) is 62.6 Å². The summed E-state index contributed by atoms with van der Waals surface area (Å²) < 4.78 is 34.7. The smallest absolute Gasteiger partial charge is 0.336 e. The van der Waals surface area contributed by atoms with E-state index in [0.29, 0.717) is 16.5 Å². The lowest BCUT2D eigenvalue weighted by Crippen LogP contribution is -2.14. The predicted molar refractivity (Wildman–Crippen MR) is 102 cm³/mol. The highest BCUT2D eigenvalue weighted by atomic mass is 32.2. The first kappa shape index (κ1) is 19.6. The fourth-order valence-electron chi connectivity index (χ4n) is 2.73. The number of ether oxygens (including phenoxy) is 1. The van der Waals surface area contributed by atoms with Gasteiger partial charge in [-0.15, -0.1) is 0 Å². The molecule has 1 aromatic heterocycles. The molecule has 0 atom stereocenters. The summed E-state index contributed by atoms with van der Waals surface area (Å²) >= 11 is 0. The van der Waals surface area contributed by atoms with E-state index in [-0.39, 0.29) is 35.0 Å². The lowest BCUT2D eigenvalue weighted by atomic mass is 10.1. The number of carbonyl (C=O) groups is 1. The molecule has 0 radical (unpaired) electrons. The number of phenolic OH excluding ortho intramolecular Hbond substituents is 1. The van der Waals surface area contributed by atoms with Gasteiger partial charge < -0.3 is 14.3 Å². The molecule has 2 aromatic carbocycles. The summed E-state index contributed by atoms with van der Waals surface area (Å²) in [6.07, 6.45) is -0.309. The van der Waals surface area contributed by atoms with Crippen LogP contribution in [0.4, 0.5) is 0 Å². The summed E-state index contributed by atoms with van der Waals surface area (Å²) in [5.41, 5.74) is 0.384. The van der Waals surface area contributed by atoms with Gasteiger partial charge in [-0.2, -0.15) is 0 Å². The Morgan fingerprint density at radius 2 is 1.86 bits per heavy atom. The predicted octanol–water partition coefficient (Wildman–Crippen LogP) is 2.71. The van der Waals surface area contributed by atoms with Gasteiger partial charge in [0.1, 0.15) is 17.9 Å². The molecular weight excluding hydrogens is 384 g/mol. The number of aromatic hydroxyl groups is 1. The van der Waals surface area contributed by atoms with Crippen molar-refractivity contribution in [3.05, 3.63) is 70.1 Å². The zero-order valence-corrected chi connectivity index (χ0v) is 15.9. The van der Waals surface area contributed by atoms with Gasteiger partial charge in [0.15, 0.2) is 9.84 Å². The number of carbonyl (C=O) groups excluding carboxylic acids is 1. The number of hydrogen-bond donors (Lipinski definition) is 1. The minimum Gasteiger partial charge on any atom is -0.508 e. The van der Waals surface area contributed by atoms with Crippen molar-refractivity contribution in [2.45, 2.75) is 24.8 Å². The van der Waals surface area contributed by atoms with E-state index in [4.69, 9.17) is 9.15 Å². The van der Waals surface area contributed by atoms with Gasteiger partial charge in [0.05, 0.1) is 17.1 Å². The summed E-state index contributed by atoms with van der Waals surface area (Å²) in [6, 6.07) is 12.1. The lowest BCUT2D eigenvalue weighted by molar-refractivity contribution is -0.144. The summed E-state index contributed by atoms with van der Waals surface area (Å²) in [7, 11) is -3.58. The van der Waals surface area contributed by atoms with Crippen molar-refractivity contribution >= 4 is 26.8 Å². The van der Waals surface area contributed by atoms with Crippen molar-refractivity contribution in [3.63, 3.8) is 0 Å². The molecule has 0 fully saturated rings. The molecule has 146 valence electrons. The van der Waals surface area contributed by atoms with E-state index < -0.39 is 21.4 Å². The van der Waals surface area contributed by atoms with Crippen LogP contribution >= 0.6 is 0 Å². The second-order valence-electron chi connectivity index (χ2n) is 6.22. The molecular formula is C20H18O7S. The molecule has 0 aliphatic rings. The molecule has 0 bridgehead atoms. The number of aryl methyl sites for hydroxylation is 1. The molecule has 0 spiro atoms. The Hall–Kier alpha value is -3.13. The average molecular weight is 402 g/mol. The molecule has 0 saturated carbocycles. The van der Waals surface area contributed by atoms with Crippen molar-refractivity contribution < 1.29 is 27.5 Å². The molecule has 0 unspecified atom stereocenters. The topological polar surface area (TPSA) is 111 Å². The first-order valence-corrected chi connectivity index (χ1v) is 10.1. The Bertz CT molecular complexity index is 1180.